The average molecular weight is 505 g/mol. The van der Waals surface area contributed by atoms with Crippen LogP contribution in [-0.4, -0.2) is 16.0 Å². The van der Waals surface area contributed by atoms with Gasteiger partial charge in [0.15, 0.2) is 5.76 Å². The summed E-state index contributed by atoms with van der Waals surface area (Å²) in [5.41, 5.74) is 12.3. The molecule has 0 amide bonds. The second-order valence-electron chi connectivity index (χ2n) is 11.6. The molecule has 2 N–H and O–H groups in total. The molecule has 0 aromatic carbocycles. The lowest BCUT2D eigenvalue weighted by atomic mass is 9.97. The minimum absolute atomic E-state index is 0.159. The van der Waals surface area contributed by atoms with Crippen LogP contribution in [0.4, 0.5) is 0 Å². The molecule has 0 aromatic heterocycles. The van der Waals surface area contributed by atoms with Crippen molar-refractivity contribution in [1.82, 2.24) is 0 Å². The third-order valence-electron chi connectivity index (χ3n) is 7.91. The molecule has 5 rings (SSSR count). The Bertz CT molecular complexity index is 1630. The maximum atomic E-state index is 13.6. The van der Waals surface area contributed by atoms with E-state index in [1.54, 1.807) is 0 Å². The Morgan fingerprint density at radius 1 is 0.500 bits per heavy atom. The predicted octanol–water partition coefficient (Wildman–Crippen LogP) is 9.20. The molecule has 5 aliphatic carbocycles. The molecule has 0 aromatic rings. The first-order valence-corrected chi connectivity index (χ1v) is 13.4. The fourth-order valence-corrected chi connectivity index (χ4v) is 5.80. The number of ketones is 1. The number of aliphatic hydroxyl groups is 2. The fraction of sp³-hybridized carbons (Fsp3) is 0.286. The van der Waals surface area contributed by atoms with Gasteiger partial charge in [-0.1, -0.05) is 75.2 Å². The second-order valence-corrected chi connectivity index (χ2v) is 11.6. The van der Waals surface area contributed by atoms with Crippen molar-refractivity contribution in [2.45, 2.75) is 67.2 Å². The topological polar surface area (TPSA) is 57.5 Å². The quantitative estimate of drug-likeness (QED) is 0.291. The lowest BCUT2D eigenvalue weighted by molar-refractivity contribution is -0.112. The molecule has 3 heteroatoms. The summed E-state index contributed by atoms with van der Waals surface area (Å²) in [5, 5.41) is 22.8. The van der Waals surface area contributed by atoms with Crippen LogP contribution >= 0.6 is 0 Å². The summed E-state index contributed by atoms with van der Waals surface area (Å²) in [5.74, 6) is -0.380. The van der Waals surface area contributed by atoms with E-state index in [9.17, 15) is 15.0 Å². The Morgan fingerprint density at radius 3 is 1.34 bits per heavy atom. The fourth-order valence-electron chi connectivity index (χ4n) is 5.80. The third kappa shape index (κ3) is 4.01. The van der Waals surface area contributed by atoms with Crippen molar-refractivity contribution in [2.75, 3.05) is 0 Å². The zero-order chi connectivity index (χ0) is 27.6. The van der Waals surface area contributed by atoms with Crippen molar-refractivity contribution >= 4 is 16.9 Å². The Balaban J connectivity index is 1.72. The van der Waals surface area contributed by atoms with Crippen LogP contribution in [0, 0.1) is 27.7 Å². The SMILES string of the molecule is Cc1cc(C(C)C)cc2c(C)cc(C3=C(O)C(c4cc(C)c5cc(C(C)C)cc(C)cc4-5)=C(O)C3=O)c-2c1. The number of rotatable bonds is 4. The summed E-state index contributed by atoms with van der Waals surface area (Å²) >= 11 is 0. The van der Waals surface area contributed by atoms with Crippen LogP contribution < -0.4 is 0 Å². The highest BCUT2D eigenvalue weighted by atomic mass is 16.3. The Labute approximate surface area is 225 Å². The molecule has 0 saturated heterocycles. The van der Waals surface area contributed by atoms with Gasteiger partial charge in [0.25, 0.3) is 0 Å². The third-order valence-corrected chi connectivity index (χ3v) is 7.91. The van der Waals surface area contributed by atoms with Gasteiger partial charge in [0.1, 0.15) is 5.76 Å². The summed E-state index contributed by atoms with van der Waals surface area (Å²) < 4.78 is 0. The van der Waals surface area contributed by atoms with Crippen LogP contribution in [0.5, 0.6) is 0 Å². The van der Waals surface area contributed by atoms with Crippen LogP contribution in [0.1, 0.15) is 84.0 Å². The largest absolute Gasteiger partial charge is 0.506 e. The molecular weight excluding hydrogens is 468 g/mol. The van der Waals surface area contributed by atoms with E-state index in [0.717, 1.165) is 44.5 Å². The number of Topliss-reactive ketones (excluding diaryl/α,β-unsaturated/α-hetero) is 1. The highest BCUT2D eigenvalue weighted by molar-refractivity contribution is 6.38. The highest BCUT2D eigenvalue weighted by Crippen LogP contribution is 2.48. The highest BCUT2D eigenvalue weighted by Gasteiger charge is 2.38. The van der Waals surface area contributed by atoms with Crippen LogP contribution in [-0.2, 0) is 4.79 Å². The van der Waals surface area contributed by atoms with Gasteiger partial charge in [0.05, 0.1) is 11.1 Å². The lowest BCUT2D eigenvalue weighted by Crippen LogP contribution is -2.01. The number of hydrogen-bond donors (Lipinski definition) is 2. The minimum Gasteiger partial charge on any atom is -0.506 e. The van der Waals surface area contributed by atoms with Crippen molar-refractivity contribution < 1.29 is 15.0 Å². The molecule has 5 aliphatic rings. The molecule has 0 bridgehead atoms. The molecule has 194 valence electrons. The van der Waals surface area contributed by atoms with E-state index in [0.29, 0.717) is 23.0 Å². The number of aryl methyl sites for hydroxylation is 4. The summed E-state index contributed by atoms with van der Waals surface area (Å²) in [7, 11) is 0. The van der Waals surface area contributed by atoms with Gasteiger partial charge in [-0.3, -0.25) is 4.79 Å². The molecule has 38 heavy (non-hydrogen) atoms. The molecule has 0 atom stereocenters. The molecule has 0 saturated carbocycles. The van der Waals surface area contributed by atoms with Crippen LogP contribution in [0.3, 0.4) is 0 Å². The van der Waals surface area contributed by atoms with E-state index in [1.807, 2.05) is 26.0 Å². The van der Waals surface area contributed by atoms with Crippen molar-refractivity contribution in [1.29, 1.82) is 0 Å². The first kappa shape index (κ1) is 25.8. The monoisotopic (exact) mass is 504 g/mol. The molecule has 0 unspecified atom stereocenters. The molecule has 0 fully saturated rings. The van der Waals surface area contributed by atoms with E-state index < -0.39 is 11.5 Å². The predicted molar refractivity (Wildman–Crippen MR) is 157 cm³/mol. The summed E-state index contributed by atoms with van der Waals surface area (Å²) in [6.07, 6.45) is 0. The van der Waals surface area contributed by atoms with Gasteiger partial charge in [0, 0.05) is 0 Å². The number of aliphatic hydroxyl groups excluding tert-OH is 2. The van der Waals surface area contributed by atoms with E-state index in [-0.39, 0.29) is 16.9 Å². The zero-order valence-electron chi connectivity index (χ0n) is 23.6. The normalized spacial score (nSPS) is 14.3. The Kier molecular flexibility index (Phi) is 6.22. The van der Waals surface area contributed by atoms with Crippen molar-refractivity contribution in [3.63, 3.8) is 0 Å². The standard InChI is InChI=1S/C35H36O3/c1-17(2)23-9-19(5)11-27-25(15-23)21(7)13-29(27)31-33(36)32(35(38)34(31)37)30-14-22(8)26-16-24(18(3)4)10-20(6)12-28(26)30/h9-18,36H,1-8H3,(H,37,38). The Morgan fingerprint density at radius 2 is 0.921 bits per heavy atom. The van der Waals surface area contributed by atoms with E-state index in [4.69, 9.17) is 0 Å². The Hall–Kier alpha value is -3.85. The number of hydrogen-bond acceptors (Lipinski definition) is 3. The summed E-state index contributed by atoms with van der Waals surface area (Å²) in [6, 6.07) is 16.8. The maximum Gasteiger partial charge on any atom is 0.232 e. The first-order chi connectivity index (χ1) is 17.9. The van der Waals surface area contributed by atoms with Crippen molar-refractivity contribution in [3.05, 3.63) is 105 Å². The van der Waals surface area contributed by atoms with Gasteiger partial charge in [0.2, 0.25) is 5.78 Å². The van der Waals surface area contributed by atoms with Gasteiger partial charge < -0.3 is 10.2 Å². The number of carbonyl (C=O) groups excluding carboxylic acids is 1. The van der Waals surface area contributed by atoms with E-state index in [1.165, 1.54) is 11.1 Å². The van der Waals surface area contributed by atoms with Gasteiger partial charge in [-0.25, -0.2) is 0 Å². The minimum atomic E-state index is -0.537. The number of carbonyl (C=O) groups is 1. The maximum absolute atomic E-state index is 13.6. The molecule has 0 spiro atoms. The number of allylic oxidation sites excluding steroid dienone is 2. The summed E-state index contributed by atoms with van der Waals surface area (Å²) in [4.78, 5) is 13.6. The molecule has 0 heterocycles. The molecular formula is C35H36O3. The van der Waals surface area contributed by atoms with Gasteiger partial charge in [-0.2, -0.15) is 0 Å². The zero-order valence-corrected chi connectivity index (χ0v) is 23.6. The second kappa shape index (κ2) is 9.16. The van der Waals surface area contributed by atoms with E-state index in [2.05, 4.69) is 77.9 Å². The average Bonchev–Trinajstić information content (AvgIpc) is 3.22. The number of fused-ring (bicyclic) bond motifs is 2. The van der Waals surface area contributed by atoms with Gasteiger partial charge in [-0.15, -0.1) is 0 Å². The molecule has 0 aliphatic heterocycles. The summed E-state index contributed by atoms with van der Waals surface area (Å²) in [6.45, 7) is 16.8. The lowest BCUT2D eigenvalue weighted by Gasteiger charge is -2.07. The van der Waals surface area contributed by atoms with Crippen LogP contribution in [0.2, 0.25) is 0 Å². The van der Waals surface area contributed by atoms with Crippen LogP contribution in [0.25, 0.3) is 33.4 Å². The van der Waals surface area contributed by atoms with Gasteiger partial charge in [-0.05, 0) is 107 Å². The first-order valence-electron chi connectivity index (χ1n) is 13.4. The van der Waals surface area contributed by atoms with Crippen LogP contribution in [0.15, 0.2) is 60.0 Å². The molecule has 3 nitrogen and oxygen atoms in total. The smallest absolute Gasteiger partial charge is 0.232 e. The van der Waals surface area contributed by atoms with Crippen molar-refractivity contribution in [2.24, 2.45) is 0 Å². The molecule has 0 radical (unpaired) electrons. The van der Waals surface area contributed by atoms with Crippen molar-refractivity contribution in [3.8, 4) is 22.3 Å². The van der Waals surface area contributed by atoms with E-state index >= 15 is 0 Å². The van der Waals surface area contributed by atoms with Gasteiger partial charge >= 0.3 is 0 Å².